The Morgan fingerprint density at radius 3 is 3.00 bits per heavy atom. The molecule has 1 N–H and O–H groups in total. The molecule has 86 valence electrons. The van der Waals surface area contributed by atoms with Crippen LogP contribution in [0.15, 0.2) is 18.2 Å². The van der Waals surface area contributed by atoms with Gasteiger partial charge in [-0.2, -0.15) is 0 Å². The Hall–Kier alpha value is -1.02. The zero-order valence-corrected chi connectivity index (χ0v) is 9.86. The molecule has 0 amide bonds. The summed E-state index contributed by atoms with van der Waals surface area (Å²) in [6.45, 7) is 4.22. The first-order valence-electron chi connectivity index (χ1n) is 6.16. The van der Waals surface area contributed by atoms with Crippen molar-refractivity contribution in [3.05, 3.63) is 29.3 Å². The molecule has 0 aromatic heterocycles. The number of rotatable bonds is 2. The molecule has 0 bridgehead atoms. The molecule has 2 aliphatic rings. The molecule has 0 saturated heterocycles. The average Bonchev–Trinajstić information content (AvgIpc) is 2.80. The van der Waals surface area contributed by atoms with E-state index in [1.165, 1.54) is 5.56 Å². The highest BCUT2D eigenvalue weighted by atomic mass is 16.5. The SMILES string of the molecule is CCC1CC1(O)c1ccc2c(c1)CC(C)O2. The van der Waals surface area contributed by atoms with Gasteiger partial charge in [-0.25, -0.2) is 0 Å². The van der Waals surface area contributed by atoms with Gasteiger partial charge in [0.2, 0.25) is 0 Å². The van der Waals surface area contributed by atoms with Crippen LogP contribution in [0.2, 0.25) is 0 Å². The average molecular weight is 218 g/mol. The lowest BCUT2D eigenvalue weighted by Gasteiger charge is -2.11. The second kappa shape index (κ2) is 3.24. The van der Waals surface area contributed by atoms with Gasteiger partial charge in [0.1, 0.15) is 11.9 Å². The van der Waals surface area contributed by atoms with Crippen LogP contribution in [0.1, 0.15) is 37.8 Å². The Morgan fingerprint density at radius 2 is 2.31 bits per heavy atom. The highest BCUT2D eigenvalue weighted by molar-refractivity contribution is 5.44. The smallest absolute Gasteiger partial charge is 0.123 e. The Balaban J connectivity index is 1.92. The molecule has 1 aromatic rings. The van der Waals surface area contributed by atoms with E-state index in [9.17, 15) is 5.11 Å². The molecule has 3 unspecified atom stereocenters. The van der Waals surface area contributed by atoms with Gasteiger partial charge in [-0.3, -0.25) is 0 Å². The number of ether oxygens (including phenoxy) is 1. The van der Waals surface area contributed by atoms with Gasteiger partial charge in [0, 0.05) is 6.42 Å². The first-order valence-corrected chi connectivity index (χ1v) is 6.16. The summed E-state index contributed by atoms with van der Waals surface area (Å²) >= 11 is 0. The Labute approximate surface area is 96.2 Å². The summed E-state index contributed by atoms with van der Waals surface area (Å²) in [7, 11) is 0. The zero-order chi connectivity index (χ0) is 11.3. The first-order chi connectivity index (χ1) is 7.63. The van der Waals surface area contributed by atoms with E-state index in [-0.39, 0.29) is 6.10 Å². The van der Waals surface area contributed by atoms with E-state index >= 15 is 0 Å². The molecule has 3 atom stereocenters. The lowest BCUT2D eigenvalue weighted by molar-refractivity contribution is 0.130. The third-order valence-electron chi connectivity index (χ3n) is 3.96. The van der Waals surface area contributed by atoms with Crippen molar-refractivity contribution in [2.45, 2.75) is 44.8 Å². The van der Waals surface area contributed by atoms with Gasteiger partial charge in [0.25, 0.3) is 0 Å². The fourth-order valence-corrected chi connectivity index (χ4v) is 2.84. The van der Waals surface area contributed by atoms with Crippen LogP contribution < -0.4 is 4.74 Å². The molecular weight excluding hydrogens is 200 g/mol. The van der Waals surface area contributed by atoms with Crippen molar-refractivity contribution < 1.29 is 9.84 Å². The fourth-order valence-electron chi connectivity index (χ4n) is 2.84. The normalized spacial score (nSPS) is 35.7. The van der Waals surface area contributed by atoms with Crippen molar-refractivity contribution in [1.29, 1.82) is 0 Å². The summed E-state index contributed by atoms with van der Waals surface area (Å²) in [5.74, 6) is 1.44. The van der Waals surface area contributed by atoms with E-state index in [0.717, 1.165) is 30.6 Å². The molecule has 2 heteroatoms. The quantitative estimate of drug-likeness (QED) is 0.827. The molecule has 3 rings (SSSR count). The lowest BCUT2D eigenvalue weighted by atomic mass is 10.00. The van der Waals surface area contributed by atoms with Crippen molar-refractivity contribution >= 4 is 0 Å². The van der Waals surface area contributed by atoms with Crippen LogP contribution in [-0.2, 0) is 12.0 Å². The maximum Gasteiger partial charge on any atom is 0.123 e. The summed E-state index contributed by atoms with van der Waals surface area (Å²) in [5, 5.41) is 10.4. The van der Waals surface area contributed by atoms with Gasteiger partial charge >= 0.3 is 0 Å². The highest BCUT2D eigenvalue weighted by Crippen LogP contribution is 2.54. The van der Waals surface area contributed by atoms with Crippen molar-refractivity contribution in [2.24, 2.45) is 5.92 Å². The van der Waals surface area contributed by atoms with Crippen LogP contribution in [0.5, 0.6) is 5.75 Å². The second-order valence-electron chi connectivity index (χ2n) is 5.19. The molecule has 0 radical (unpaired) electrons. The van der Waals surface area contributed by atoms with E-state index in [1.54, 1.807) is 0 Å². The van der Waals surface area contributed by atoms with Crippen LogP contribution in [0, 0.1) is 5.92 Å². The molecule has 1 heterocycles. The molecule has 1 saturated carbocycles. The molecule has 16 heavy (non-hydrogen) atoms. The van der Waals surface area contributed by atoms with E-state index in [0.29, 0.717) is 5.92 Å². The van der Waals surface area contributed by atoms with Crippen molar-refractivity contribution in [3.8, 4) is 5.75 Å². The van der Waals surface area contributed by atoms with Gasteiger partial charge < -0.3 is 9.84 Å². The predicted molar refractivity (Wildman–Crippen MR) is 62.5 cm³/mol. The van der Waals surface area contributed by atoms with E-state index in [4.69, 9.17) is 4.74 Å². The van der Waals surface area contributed by atoms with Crippen LogP contribution >= 0.6 is 0 Å². The minimum atomic E-state index is -0.546. The molecule has 0 spiro atoms. The number of fused-ring (bicyclic) bond motifs is 1. The minimum absolute atomic E-state index is 0.279. The molecule has 1 aliphatic heterocycles. The topological polar surface area (TPSA) is 29.5 Å². The van der Waals surface area contributed by atoms with Gasteiger partial charge in [0.05, 0.1) is 5.60 Å². The molecule has 1 aromatic carbocycles. The Kier molecular flexibility index (Phi) is 2.05. The highest BCUT2D eigenvalue weighted by Gasteiger charge is 2.52. The van der Waals surface area contributed by atoms with E-state index in [2.05, 4.69) is 19.9 Å². The summed E-state index contributed by atoms with van der Waals surface area (Å²) in [5.41, 5.74) is 1.78. The zero-order valence-electron chi connectivity index (χ0n) is 9.86. The van der Waals surface area contributed by atoms with Gasteiger partial charge in [-0.1, -0.05) is 19.4 Å². The first kappa shape index (κ1) is 10.2. The minimum Gasteiger partial charge on any atom is -0.490 e. The summed E-state index contributed by atoms with van der Waals surface area (Å²) in [4.78, 5) is 0. The van der Waals surface area contributed by atoms with Gasteiger partial charge in [0.15, 0.2) is 0 Å². The standard InChI is InChI=1S/C14H18O2/c1-3-11-8-14(11,15)12-4-5-13-10(7-12)6-9(2)16-13/h4-5,7,9,11,15H,3,6,8H2,1-2H3. The maximum absolute atomic E-state index is 10.4. The van der Waals surface area contributed by atoms with Crippen LogP contribution in [0.25, 0.3) is 0 Å². The number of hydrogen-bond donors (Lipinski definition) is 1. The van der Waals surface area contributed by atoms with Crippen molar-refractivity contribution in [2.75, 3.05) is 0 Å². The summed E-state index contributed by atoms with van der Waals surface area (Å²) < 4.78 is 5.67. The van der Waals surface area contributed by atoms with E-state index in [1.807, 2.05) is 12.1 Å². The largest absolute Gasteiger partial charge is 0.490 e. The molecule has 2 nitrogen and oxygen atoms in total. The Bertz CT molecular complexity index is 427. The van der Waals surface area contributed by atoms with Crippen LogP contribution in [-0.4, -0.2) is 11.2 Å². The molecular formula is C14H18O2. The molecule has 1 fully saturated rings. The number of benzene rings is 1. The van der Waals surface area contributed by atoms with Gasteiger partial charge in [-0.15, -0.1) is 0 Å². The van der Waals surface area contributed by atoms with Crippen molar-refractivity contribution in [1.82, 2.24) is 0 Å². The maximum atomic E-state index is 10.4. The van der Waals surface area contributed by atoms with Crippen molar-refractivity contribution in [3.63, 3.8) is 0 Å². The third kappa shape index (κ3) is 1.36. The van der Waals surface area contributed by atoms with E-state index < -0.39 is 5.60 Å². The summed E-state index contributed by atoms with van der Waals surface area (Å²) in [6, 6.07) is 6.16. The number of hydrogen-bond acceptors (Lipinski definition) is 2. The van der Waals surface area contributed by atoms with Gasteiger partial charge in [-0.05, 0) is 42.5 Å². The monoisotopic (exact) mass is 218 g/mol. The number of aliphatic hydroxyl groups is 1. The molecule has 1 aliphatic carbocycles. The third-order valence-corrected chi connectivity index (χ3v) is 3.96. The summed E-state index contributed by atoms with van der Waals surface area (Å²) in [6.07, 6.45) is 3.22. The lowest BCUT2D eigenvalue weighted by Crippen LogP contribution is -2.08. The fraction of sp³-hybridized carbons (Fsp3) is 0.571. The Morgan fingerprint density at radius 1 is 1.50 bits per heavy atom. The van der Waals surface area contributed by atoms with Crippen LogP contribution in [0.3, 0.4) is 0 Å². The van der Waals surface area contributed by atoms with Crippen LogP contribution in [0.4, 0.5) is 0 Å². The second-order valence-corrected chi connectivity index (χ2v) is 5.19. The predicted octanol–water partition coefficient (Wildman–Crippen LogP) is 2.63.